The normalized spacial score (nSPS) is 14.5. The maximum atomic E-state index is 14.1. The van der Waals surface area contributed by atoms with Gasteiger partial charge in [0.25, 0.3) is 0 Å². The van der Waals surface area contributed by atoms with Gasteiger partial charge in [0.1, 0.15) is 48.3 Å². The number of carbonyl (C=O) groups excluding carboxylic acids is 9. The van der Waals surface area contributed by atoms with Gasteiger partial charge in [-0.25, -0.2) is 9.78 Å². The standard InChI is InChI=1S/C42H69N15O16S2/c1-19(2)32(40(71)54-26(14-31(62)63)38(69)56-28(17-74)41(72)73)57-39(70)27(16-58)55-36(67)24(7-9-30(60)61)52-35(66)23(6-8-29(44)59)51-34(65)22(5-4-11-48-42(45)46)50-37(68)25(13-20-15-47-18-49-20)53-33(64)21(43)10-12-75-3/h15,18-19,21-28,32,58,74H,4-14,16-17,43H2,1-3H3,(H2,44,59)(H,47,49)(H,50,68)(H,51,65)(H,52,66)(H,53,64)(H,54,71)(H,55,67)(H,56,69)(H,57,70)(H,60,61)(H,62,63)(H,72,73)(H4,45,46,48)/t21-,22-,23-,24-,25-,26-,27-,28-,32-/m0/s1. The molecule has 1 aromatic rings. The number of aliphatic hydroxyl groups is 1. The predicted octanol–water partition coefficient (Wildman–Crippen LogP) is -6.77. The number of aliphatic hydroxyl groups excluding tert-OH is 1. The van der Waals surface area contributed by atoms with Gasteiger partial charge in [-0.05, 0) is 50.0 Å². The van der Waals surface area contributed by atoms with Gasteiger partial charge < -0.3 is 90.9 Å². The van der Waals surface area contributed by atoms with Gasteiger partial charge in [0.05, 0.1) is 25.4 Å². The van der Waals surface area contributed by atoms with Crippen molar-refractivity contribution >= 4 is 101 Å². The summed E-state index contributed by atoms with van der Waals surface area (Å²) in [4.78, 5) is 166. The molecule has 0 aliphatic carbocycles. The van der Waals surface area contributed by atoms with Crippen LogP contribution in [0.3, 0.4) is 0 Å². The number of primary amides is 1. The zero-order valence-corrected chi connectivity index (χ0v) is 43.1. The van der Waals surface area contributed by atoms with Crippen molar-refractivity contribution in [2.45, 2.75) is 126 Å². The molecule has 9 amide bonds. The molecule has 0 saturated carbocycles. The van der Waals surface area contributed by atoms with Crippen LogP contribution in [0.4, 0.5) is 0 Å². The second kappa shape index (κ2) is 34.3. The summed E-state index contributed by atoms with van der Waals surface area (Å²) in [7, 11) is 0. The van der Waals surface area contributed by atoms with E-state index in [2.05, 4.69) is 64.8 Å². The number of aromatic nitrogens is 2. The number of carboxylic acid groups (broad SMARTS) is 3. The highest BCUT2D eigenvalue weighted by molar-refractivity contribution is 7.98. The van der Waals surface area contributed by atoms with Crippen LogP contribution in [-0.2, 0) is 64.0 Å². The molecule has 0 spiro atoms. The van der Waals surface area contributed by atoms with Gasteiger partial charge in [0.15, 0.2) is 5.96 Å². The van der Waals surface area contributed by atoms with Crippen molar-refractivity contribution in [2.75, 3.05) is 30.9 Å². The molecule has 1 rings (SSSR count). The van der Waals surface area contributed by atoms with Crippen LogP contribution in [0.1, 0.15) is 70.9 Å². The molecular formula is C42H69N15O16S2. The Kier molecular flexibility index (Phi) is 30.0. The zero-order valence-electron chi connectivity index (χ0n) is 41.4. The molecule has 0 saturated heterocycles. The summed E-state index contributed by atoms with van der Waals surface area (Å²) < 4.78 is 0. The first-order chi connectivity index (χ1) is 35.2. The lowest BCUT2D eigenvalue weighted by Crippen LogP contribution is -2.61. The van der Waals surface area contributed by atoms with E-state index in [-0.39, 0.29) is 38.2 Å². The van der Waals surface area contributed by atoms with Crippen LogP contribution < -0.4 is 65.5 Å². The van der Waals surface area contributed by atoms with E-state index in [1.54, 1.807) is 0 Å². The van der Waals surface area contributed by atoms with Gasteiger partial charge >= 0.3 is 17.9 Å². The number of hydrogen-bond donors (Lipinski definition) is 18. The van der Waals surface area contributed by atoms with Crippen molar-refractivity contribution in [3.63, 3.8) is 0 Å². The van der Waals surface area contributed by atoms with Gasteiger partial charge in [0, 0.05) is 43.5 Å². The van der Waals surface area contributed by atoms with Crippen molar-refractivity contribution < 1.29 is 78.0 Å². The van der Waals surface area contributed by atoms with Crippen molar-refractivity contribution in [3.8, 4) is 0 Å². The minimum absolute atomic E-state index is 0.0375. The molecule has 1 heterocycles. The lowest BCUT2D eigenvalue weighted by atomic mass is 10.0. The first-order valence-corrected chi connectivity index (χ1v) is 25.1. The number of nitrogens with zero attached hydrogens (tertiary/aromatic N) is 2. The lowest BCUT2D eigenvalue weighted by molar-refractivity contribution is -0.143. The highest BCUT2D eigenvalue weighted by Gasteiger charge is 2.36. The average molecular weight is 1100 g/mol. The van der Waals surface area contributed by atoms with Crippen LogP contribution in [-0.4, -0.2) is 193 Å². The van der Waals surface area contributed by atoms with E-state index >= 15 is 0 Å². The third-order valence-electron chi connectivity index (χ3n) is 10.6. The quantitative estimate of drug-likeness (QED) is 0.0127. The monoisotopic (exact) mass is 1100 g/mol. The first kappa shape index (κ1) is 65.8. The highest BCUT2D eigenvalue weighted by atomic mass is 32.2. The number of aromatic amines is 1. The molecule has 420 valence electrons. The molecule has 0 aliphatic heterocycles. The fourth-order valence-corrected chi connectivity index (χ4v) is 7.26. The smallest absolute Gasteiger partial charge is 0.327 e. The summed E-state index contributed by atoms with van der Waals surface area (Å²) in [5, 5.41) is 56.7. The van der Waals surface area contributed by atoms with Crippen molar-refractivity contribution in [2.24, 2.45) is 33.8 Å². The average Bonchev–Trinajstić information content (AvgIpc) is 3.85. The van der Waals surface area contributed by atoms with E-state index in [1.165, 1.54) is 38.1 Å². The fraction of sp³-hybridized carbons (Fsp3) is 0.619. The molecular weight excluding hydrogens is 1030 g/mol. The second-order valence-electron chi connectivity index (χ2n) is 17.0. The van der Waals surface area contributed by atoms with E-state index in [4.69, 9.17) is 22.9 Å². The number of amides is 9. The molecule has 33 heteroatoms. The van der Waals surface area contributed by atoms with Crippen LogP contribution in [0, 0.1) is 5.92 Å². The summed E-state index contributed by atoms with van der Waals surface area (Å²) in [6, 6.07) is -14.4. The summed E-state index contributed by atoms with van der Waals surface area (Å²) in [6.45, 7) is 1.63. The molecule has 31 nitrogen and oxygen atoms in total. The van der Waals surface area contributed by atoms with Gasteiger partial charge in [-0.3, -0.25) is 57.7 Å². The summed E-state index contributed by atoms with van der Waals surface area (Å²) in [5.41, 5.74) is 22.7. The molecule has 0 radical (unpaired) electrons. The third-order valence-corrected chi connectivity index (χ3v) is 11.6. The Balaban J connectivity index is 3.50. The number of hydrogen-bond acceptors (Lipinski definition) is 18. The number of H-pyrrole nitrogens is 1. The molecule has 0 aromatic carbocycles. The number of imidazole rings is 1. The molecule has 0 bridgehead atoms. The van der Waals surface area contributed by atoms with Crippen molar-refractivity contribution in [1.82, 2.24) is 52.5 Å². The maximum absolute atomic E-state index is 14.1. The first-order valence-electron chi connectivity index (χ1n) is 23.1. The molecule has 0 fully saturated rings. The number of nitrogens with one attached hydrogen (secondary N) is 9. The topological polar surface area (TPSA) is 527 Å². The van der Waals surface area contributed by atoms with Gasteiger partial charge in [-0.15, -0.1) is 0 Å². The van der Waals surface area contributed by atoms with Gasteiger partial charge in [0.2, 0.25) is 53.2 Å². The Morgan fingerprint density at radius 3 is 1.61 bits per heavy atom. The number of carbonyl (C=O) groups is 12. The van der Waals surface area contributed by atoms with Crippen LogP contribution in [0.2, 0.25) is 0 Å². The Bertz CT molecular complexity index is 2170. The Morgan fingerprint density at radius 1 is 0.653 bits per heavy atom. The largest absolute Gasteiger partial charge is 0.481 e. The van der Waals surface area contributed by atoms with Gasteiger partial charge in [-0.1, -0.05) is 13.8 Å². The van der Waals surface area contributed by atoms with E-state index in [0.717, 1.165) is 0 Å². The minimum Gasteiger partial charge on any atom is -0.481 e. The number of guanidine groups is 1. The highest BCUT2D eigenvalue weighted by Crippen LogP contribution is 2.10. The van der Waals surface area contributed by atoms with Crippen molar-refractivity contribution in [1.29, 1.82) is 0 Å². The SMILES string of the molecule is CSCC[C@H](N)C(=O)N[C@@H](Cc1cnc[nH]1)C(=O)N[C@@H](CCCN=C(N)N)C(=O)N[C@@H](CCC(N)=O)C(=O)N[C@@H](CCC(=O)O)C(=O)N[C@@H](CO)C(=O)N[C@H](C(=O)N[C@@H](CC(=O)O)C(=O)N[C@@H](CS)C(=O)O)C(C)C. The third kappa shape index (κ3) is 25.5. The molecule has 75 heavy (non-hydrogen) atoms. The van der Waals surface area contributed by atoms with Gasteiger partial charge in [-0.2, -0.15) is 24.4 Å². The van der Waals surface area contributed by atoms with Crippen LogP contribution in [0.15, 0.2) is 17.5 Å². The van der Waals surface area contributed by atoms with E-state index in [1.807, 2.05) is 11.6 Å². The van der Waals surface area contributed by atoms with Crippen molar-refractivity contribution in [3.05, 3.63) is 18.2 Å². The number of nitrogens with two attached hydrogens (primary N) is 4. The number of aliphatic carboxylic acids is 3. The Morgan fingerprint density at radius 2 is 1.15 bits per heavy atom. The summed E-state index contributed by atoms with van der Waals surface area (Å²) >= 11 is 5.27. The number of thiol groups is 1. The molecule has 0 aliphatic rings. The lowest BCUT2D eigenvalue weighted by Gasteiger charge is -2.28. The second-order valence-corrected chi connectivity index (χ2v) is 18.4. The fourth-order valence-electron chi connectivity index (χ4n) is 6.52. The van der Waals surface area contributed by atoms with E-state index < -0.39 is 176 Å². The van der Waals surface area contributed by atoms with E-state index in [9.17, 15) is 78.0 Å². The minimum atomic E-state index is -1.93. The number of carboxylic acids is 3. The van der Waals surface area contributed by atoms with Crippen LogP contribution in [0.5, 0.6) is 0 Å². The van der Waals surface area contributed by atoms with Crippen LogP contribution in [0.25, 0.3) is 0 Å². The summed E-state index contributed by atoms with van der Waals surface area (Å²) in [6.07, 6.45) is 0.999. The Hall–Kier alpha value is -7.26. The predicted molar refractivity (Wildman–Crippen MR) is 270 cm³/mol. The number of rotatable bonds is 37. The van der Waals surface area contributed by atoms with E-state index in [0.29, 0.717) is 11.4 Å². The zero-order chi connectivity index (χ0) is 56.9. The molecule has 9 atom stereocenters. The molecule has 0 unspecified atom stereocenters. The molecule has 1 aromatic heterocycles. The van der Waals surface area contributed by atoms with Crippen LogP contribution >= 0.6 is 24.4 Å². The maximum Gasteiger partial charge on any atom is 0.327 e. The Labute approximate surface area is 439 Å². The number of aliphatic imine (C=N–C) groups is 1. The summed E-state index contributed by atoms with van der Waals surface area (Å²) in [5.74, 6) is -15.1. The number of thioether (sulfide) groups is 1. The molecule has 21 N–H and O–H groups in total.